The molecule has 1 aliphatic rings. The zero-order valence-electron chi connectivity index (χ0n) is 11.7. The molecule has 5 heteroatoms. The summed E-state index contributed by atoms with van der Waals surface area (Å²) in [6, 6.07) is 4.00. The molecule has 1 unspecified atom stereocenters. The highest BCUT2D eigenvalue weighted by molar-refractivity contribution is 5.96. The van der Waals surface area contributed by atoms with E-state index in [2.05, 4.69) is 11.1 Å². The van der Waals surface area contributed by atoms with E-state index in [1.165, 1.54) is 12.5 Å². The van der Waals surface area contributed by atoms with Crippen molar-refractivity contribution in [3.63, 3.8) is 0 Å². The third kappa shape index (κ3) is 3.56. The van der Waals surface area contributed by atoms with Crippen LogP contribution in [-0.2, 0) is 16.0 Å². The van der Waals surface area contributed by atoms with Crippen LogP contribution >= 0.6 is 0 Å². The van der Waals surface area contributed by atoms with Crippen LogP contribution in [-0.4, -0.2) is 40.0 Å². The molecule has 0 radical (unpaired) electrons. The van der Waals surface area contributed by atoms with Crippen molar-refractivity contribution in [2.75, 3.05) is 13.1 Å². The van der Waals surface area contributed by atoms with E-state index in [0.717, 1.165) is 19.3 Å². The predicted molar refractivity (Wildman–Crippen MR) is 74.0 cm³/mol. The maximum absolute atomic E-state index is 11.9. The summed E-state index contributed by atoms with van der Waals surface area (Å²) in [4.78, 5) is 28.6. The van der Waals surface area contributed by atoms with Crippen LogP contribution in [0.3, 0.4) is 0 Å². The van der Waals surface area contributed by atoms with Gasteiger partial charge in [0.1, 0.15) is 5.92 Å². The predicted octanol–water partition coefficient (Wildman–Crippen LogP) is 1.58. The molecule has 0 aromatic carbocycles. The van der Waals surface area contributed by atoms with Crippen molar-refractivity contribution in [2.45, 2.75) is 26.2 Å². The van der Waals surface area contributed by atoms with Gasteiger partial charge in [-0.05, 0) is 43.7 Å². The third-order valence-corrected chi connectivity index (χ3v) is 3.91. The van der Waals surface area contributed by atoms with Crippen molar-refractivity contribution in [2.24, 2.45) is 11.8 Å². The van der Waals surface area contributed by atoms with Gasteiger partial charge in [0.15, 0.2) is 0 Å². The largest absolute Gasteiger partial charge is 0.481 e. The molecule has 0 saturated carbocycles. The number of aliphatic carboxylic acids is 1. The van der Waals surface area contributed by atoms with Crippen LogP contribution in [0, 0.1) is 11.8 Å². The van der Waals surface area contributed by atoms with Crippen molar-refractivity contribution in [3.05, 3.63) is 30.1 Å². The number of hydrogen-bond donors (Lipinski definition) is 1. The number of aromatic nitrogens is 1. The van der Waals surface area contributed by atoms with Crippen LogP contribution in [0.4, 0.5) is 0 Å². The Hall–Kier alpha value is -1.91. The lowest BCUT2D eigenvalue weighted by molar-refractivity contribution is -0.150. The molecule has 1 aliphatic heterocycles. The third-order valence-electron chi connectivity index (χ3n) is 3.91. The van der Waals surface area contributed by atoms with Gasteiger partial charge in [-0.2, -0.15) is 0 Å². The van der Waals surface area contributed by atoms with Crippen LogP contribution in [0.2, 0.25) is 0 Å². The number of likely N-dealkylation sites (tertiary alicyclic amines) is 1. The summed E-state index contributed by atoms with van der Waals surface area (Å²) in [5, 5.41) is 8.88. The van der Waals surface area contributed by atoms with Crippen molar-refractivity contribution in [3.8, 4) is 0 Å². The zero-order valence-corrected chi connectivity index (χ0v) is 11.7. The molecule has 5 nitrogen and oxygen atoms in total. The van der Waals surface area contributed by atoms with Gasteiger partial charge in [0, 0.05) is 25.5 Å². The molecule has 1 aromatic heterocycles. The quantitative estimate of drug-likeness (QED) is 0.848. The number of carbonyl (C=O) groups excluding carboxylic acids is 1. The molecule has 1 fully saturated rings. The van der Waals surface area contributed by atoms with Crippen molar-refractivity contribution >= 4 is 11.9 Å². The van der Waals surface area contributed by atoms with Gasteiger partial charge in [-0.15, -0.1) is 0 Å². The Morgan fingerprint density at radius 3 is 2.70 bits per heavy atom. The summed E-state index contributed by atoms with van der Waals surface area (Å²) in [7, 11) is 0. The maximum Gasteiger partial charge on any atom is 0.315 e. The highest BCUT2D eigenvalue weighted by atomic mass is 16.4. The minimum Gasteiger partial charge on any atom is -0.481 e. The number of pyridine rings is 1. The number of carbonyl (C=O) groups is 2. The number of nitrogens with zero attached hydrogens (tertiary/aromatic N) is 2. The van der Waals surface area contributed by atoms with E-state index >= 15 is 0 Å². The van der Waals surface area contributed by atoms with Gasteiger partial charge >= 0.3 is 5.97 Å². The second-order valence-corrected chi connectivity index (χ2v) is 5.39. The van der Waals surface area contributed by atoms with Gasteiger partial charge in [0.05, 0.1) is 0 Å². The first kappa shape index (κ1) is 14.5. The Kier molecular flexibility index (Phi) is 4.71. The molecule has 1 N–H and O–H groups in total. The number of hydrogen-bond acceptors (Lipinski definition) is 3. The molecule has 20 heavy (non-hydrogen) atoms. The summed E-state index contributed by atoms with van der Waals surface area (Å²) in [6.45, 7) is 2.76. The fourth-order valence-electron chi connectivity index (χ4n) is 2.59. The molecule has 0 aliphatic carbocycles. The average Bonchev–Trinajstić information content (AvgIpc) is 2.47. The van der Waals surface area contributed by atoms with Gasteiger partial charge < -0.3 is 10.0 Å². The lowest BCUT2D eigenvalue weighted by atomic mass is 9.90. The van der Waals surface area contributed by atoms with E-state index in [-0.39, 0.29) is 5.91 Å². The van der Waals surface area contributed by atoms with Crippen LogP contribution in [0.15, 0.2) is 24.5 Å². The Balaban J connectivity index is 1.83. The molecule has 1 amide bonds. The molecular weight excluding hydrogens is 256 g/mol. The summed E-state index contributed by atoms with van der Waals surface area (Å²) < 4.78 is 0. The van der Waals surface area contributed by atoms with Gasteiger partial charge in [-0.1, -0.05) is 6.07 Å². The van der Waals surface area contributed by atoms with Gasteiger partial charge in [-0.25, -0.2) is 0 Å². The van der Waals surface area contributed by atoms with Crippen LogP contribution in [0.5, 0.6) is 0 Å². The fraction of sp³-hybridized carbons (Fsp3) is 0.533. The second-order valence-electron chi connectivity index (χ2n) is 5.39. The summed E-state index contributed by atoms with van der Waals surface area (Å²) in [5.41, 5.74) is 1.22. The first-order valence-corrected chi connectivity index (χ1v) is 6.98. The van der Waals surface area contributed by atoms with Crippen LogP contribution < -0.4 is 0 Å². The summed E-state index contributed by atoms with van der Waals surface area (Å²) >= 11 is 0. The molecule has 2 rings (SSSR count). The topological polar surface area (TPSA) is 70.5 Å². The molecule has 0 bridgehead atoms. The second kappa shape index (κ2) is 6.50. The number of amides is 1. The highest BCUT2D eigenvalue weighted by Gasteiger charge is 2.29. The smallest absolute Gasteiger partial charge is 0.315 e. The van der Waals surface area contributed by atoms with Crippen molar-refractivity contribution in [1.29, 1.82) is 0 Å². The van der Waals surface area contributed by atoms with E-state index < -0.39 is 11.9 Å². The molecular formula is C15H20N2O3. The molecule has 2 heterocycles. The Labute approximate surface area is 118 Å². The first-order valence-electron chi connectivity index (χ1n) is 6.98. The van der Waals surface area contributed by atoms with Gasteiger partial charge in [-0.3, -0.25) is 14.6 Å². The maximum atomic E-state index is 11.9. The van der Waals surface area contributed by atoms with Gasteiger partial charge in [0.25, 0.3) is 0 Å². The molecule has 1 saturated heterocycles. The summed E-state index contributed by atoms with van der Waals surface area (Å²) in [6.07, 6.45) is 6.46. The minimum atomic E-state index is -1.05. The Morgan fingerprint density at radius 1 is 1.45 bits per heavy atom. The lowest BCUT2D eigenvalue weighted by Crippen LogP contribution is -2.43. The molecule has 0 spiro atoms. The lowest BCUT2D eigenvalue weighted by Gasteiger charge is -2.33. The first-order chi connectivity index (χ1) is 9.58. The number of piperidine rings is 1. The monoisotopic (exact) mass is 276 g/mol. The fourth-order valence-corrected chi connectivity index (χ4v) is 2.59. The molecule has 108 valence electrons. The highest BCUT2D eigenvalue weighted by Crippen LogP contribution is 2.22. The van der Waals surface area contributed by atoms with Gasteiger partial charge in [0.2, 0.25) is 5.91 Å². The summed E-state index contributed by atoms with van der Waals surface area (Å²) in [5.74, 6) is -1.71. The van der Waals surface area contributed by atoms with Crippen LogP contribution in [0.1, 0.15) is 25.3 Å². The van der Waals surface area contributed by atoms with E-state index in [4.69, 9.17) is 5.11 Å². The van der Waals surface area contributed by atoms with E-state index in [1.807, 2.05) is 12.3 Å². The number of carboxylic acids is 1. The normalized spacial score (nSPS) is 17.8. The Bertz CT molecular complexity index is 467. The number of carboxylic acid groups (broad SMARTS) is 1. The van der Waals surface area contributed by atoms with E-state index in [9.17, 15) is 9.59 Å². The molecule has 1 aromatic rings. The van der Waals surface area contributed by atoms with E-state index in [1.54, 1.807) is 11.1 Å². The van der Waals surface area contributed by atoms with E-state index in [0.29, 0.717) is 19.0 Å². The average molecular weight is 276 g/mol. The molecule has 1 atom stereocenters. The minimum absolute atomic E-state index is 0.266. The van der Waals surface area contributed by atoms with Crippen molar-refractivity contribution in [1.82, 2.24) is 9.88 Å². The number of rotatable bonds is 4. The Morgan fingerprint density at radius 2 is 2.15 bits per heavy atom. The zero-order chi connectivity index (χ0) is 14.5. The SMILES string of the molecule is CC(C(=O)O)C(=O)N1CCC(Cc2cccnc2)CC1. The standard InChI is InChI=1S/C15H20N2O3/c1-11(15(19)20)14(18)17-7-4-12(5-8-17)9-13-3-2-6-16-10-13/h2-3,6,10-12H,4-5,7-9H2,1H3,(H,19,20). The van der Waals surface area contributed by atoms with Crippen molar-refractivity contribution < 1.29 is 14.7 Å². The van der Waals surface area contributed by atoms with Crippen LogP contribution in [0.25, 0.3) is 0 Å².